The Morgan fingerprint density at radius 3 is 3.42 bits per heavy atom. The van der Waals surface area contributed by atoms with E-state index in [2.05, 4.69) is 15.8 Å². The van der Waals surface area contributed by atoms with Crippen LogP contribution in [0.4, 0.5) is 0 Å². The Labute approximate surface area is 111 Å². The first kappa shape index (κ1) is 12.6. The van der Waals surface area contributed by atoms with Crippen LogP contribution in [0.5, 0.6) is 0 Å². The Bertz CT molecular complexity index is 434. The van der Waals surface area contributed by atoms with Crippen molar-refractivity contribution in [2.45, 2.75) is 25.4 Å². The number of amides is 1. The van der Waals surface area contributed by atoms with Crippen LogP contribution in [0.1, 0.15) is 29.8 Å². The summed E-state index contributed by atoms with van der Waals surface area (Å²) < 4.78 is 10.6. The van der Waals surface area contributed by atoms with Crippen LogP contribution in [0.2, 0.25) is 0 Å². The van der Waals surface area contributed by atoms with Gasteiger partial charge in [-0.3, -0.25) is 4.79 Å². The van der Waals surface area contributed by atoms with Gasteiger partial charge in [0, 0.05) is 31.2 Å². The Kier molecular flexibility index (Phi) is 3.52. The third kappa shape index (κ3) is 2.50. The summed E-state index contributed by atoms with van der Waals surface area (Å²) in [6.45, 7) is 3.48. The monoisotopic (exact) mass is 265 g/mol. The van der Waals surface area contributed by atoms with Gasteiger partial charge in [0.1, 0.15) is 0 Å². The summed E-state index contributed by atoms with van der Waals surface area (Å²) in [7, 11) is 0. The van der Waals surface area contributed by atoms with Gasteiger partial charge < -0.3 is 19.9 Å². The van der Waals surface area contributed by atoms with Crippen molar-refractivity contribution in [2.24, 2.45) is 5.41 Å². The van der Waals surface area contributed by atoms with E-state index in [-0.39, 0.29) is 17.1 Å². The van der Waals surface area contributed by atoms with E-state index in [0.29, 0.717) is 12.6 Å². The van der Waals surface area contributed by atoms with Crippen LogP contribution in [0.25, 0.3) is 0 Å². The van der Waals surface area contributed by atoms with Gasteiger partial charge in [-0.25, -0.2) is 0 Å². The maximum absolute atomic E-state index is 11.7. The molecule has 1 amide bonds. The topological polar surface area (TPSA) is 76.4 Å². The minimum atomic E-state index is -0.201. The van der Waals surface area contributed by atoms with Crippen molar-refractivity contribution in [1.29, 1.82) is 0 Å². The van der Waals surface area contributed by atoms with Crippen molar-refractivity contribution < 1.29 is 14.1 Å². The van der Waals surface area contributed by atoms with Gasteiger partial charge in [0.25, 0.3) is 5.91 Å². The molecule has 0 saturated carbocycles. The number of aromatic nitrogens is 1. The molecule has 0 aliphatic carbocycles. The minimum absolute atomic E-state index is 0.187. The lowest BCUT2D eigenvalue weighted by Crippen LogP contribution is -2.48. The second-order valence-corrected chi connectivity index (χ2v) is 5.32. The fourth-order valence-corrected chi connectivity index (χ4v) is 3.12. The minimum Gasteiger partial charge on any atom is -0.378 e. The second kappa shape index (κ2) is 5.30. The molecule has 6 nitrogen and oxygen atoms in total. The number of nitrogens with zero attached hydrogens (tertiary/aromatic N) is 1. The number of hydrogen-bond donors (Lipinski definition) is 2. The molecular weight excluding hydrogens is 246 g/mol. The lowest BCUT2D eigenvalue weighted by molar-refractivity contribution is 0.0211. The van der Waals surface area contributed by atoms with Crippen LogP contribution >= 0.6 is 0 Å². The average Bonchev–Trinajstić information content (AvgIpc) is 3.08. The molecule has 2 saturated heterocycles. The van der Waals surface area contributed by atoms with E-state index < -0.39 is 0 Å². The number of ether oxygens (including phenoxy) is 1. The van der Waals surface area contributed by atoms with Crippen LogP contribution in [0.3, 0.4) is 0 Å². The Morgan fingerprint density at radius 2 is 2.58 bits per heavy atom. The number of nitrogens with one attached hydrogen (secondary N) is 2. The summed E-state index contributed by atoms with van der Waals surface area (Å²) in [6, 6.07) is 1.57. The zero-order valence-corrected chi connectivity index (χ0v) is 10.9. The van der Waals surface area contributed by atoms with Crippen LogP contribution in [-0.2, 0) is 4.74 Å². The largest absolute Gasteiger partial charge is 0.378 e. The van der Waals surface area contributed by atoms with E-state index in [9.17, 15) is 4.79 Å². The second-order valence-electron chi connectivity index (χ2n) is 5.32. The van der Waals surface area contributed by atoms with Gasteiger partial charge in [0.2, 0.25) is 5.76 Å². The first-order valence-electron chi connectivity index (χ1n) is 6.81. The quantitative estimate of drug-likeness (QED) is 0.832. The molecule has 0 bridgehead atoms. The molecule has 19 heavy (non-hydrogen) atoms. The van der Waals surface area contributed by atoms with Gasteiger partial charge >= 0.3 is 0 Å². The standard InChI is InChI=1S/C13H19N3O3/c17-12(10-1-6-16-19-10)15-7-3-13-4-8-18-11(13)2-5-14-9-13/h1,6,11,14H,2-5,7-9H2,(H,15,17)/t11-,13+/m0/s1. The van der Waals surface area contributed by atoms with E-state index >= 15 is 0 Å². The Morgan fingerprint density at radius 1 is 1.63 bits per heavy atom. The van der Waals surface area contributed by atoms with E-state index in [1.165, 1.54) is 6.20 Å². The summed E-state index contributed by atoms with van der Waals surface area (Å²) in [6.07, 6.45) is 4.89. The highest BCUT2D eigenvalue weighted by Crippen LogP contribution is 2.40. The molecule has 2 atom stereocenters. The van der Waals surface area contributed by atoms with Crippen molar-refractivity contribution in [3.05, 3.63) is 18.0 Å². The molecule has 2 N–H and O–H groups in total. The van der Waals surface area contributed by atoms with Crippen molar-refractivity contribution in [3.8, 4) is 0 Å². The Hall–Kier alpha value is -1.40. The fourth-order valence-electron chi connectivity index (χ4n) is 3.12. The number of piperidine rings is 1. The van der Waals surface area contributed by atoms with Crippen molar-refractivity contribution in [2.75, 3.05) is 26.2 Å². The molecule has 0 aromatic carbocycles. The predicted octanol–water partition coefficient (Wildman–Crippen LogP) is 0.563. The fraction of sp³-hybridized carbons (Fsp3) is 0.692. The van der Waals surface area contributed by atoms with Crippen LogP contribution < -0.4 is 10.6 Å². The van der Waals surface area contributed by atoms with Gasteiger partial charge in [0.05, 0.1) is 12.3 Å². The normalized spacial score (nSPS) is 30.0. The molecule has 1 aromatic rings. The molecule has 0 radical (unpaired) electrons. The molecular formula is C13H19N3O3. The van der Waals surface area contributed by atoms with Gasteiger partial charge in [-0.1, -0.05) is 5.16 Å². The van der Waals surface area contributed by atoms with Crippen LogP contribution in [-0.4, -0.2) is 43.4 Å². The third-order valence-electron chi connectivity index (χ3n) is 4.23. The van der Waals surface area contributed by atoms with Crippen molar-refractivity contribution in [3.63, 3.8) is 0 Å². The van der Waals surface area contributed by atoms with Crippen molar-refractivity contribution >= 4 is 5.91 Å². The van der Waals surface area contributed by atoms with E-state index in [0.717, 1.165) is 39.0 Å². The molecule has 2 aliphatic rings. The molecule has 6 heteroatoms. The predicted molar refractivity (Wildman–Crippen MR) is 67.7 cm³/mol. The number of carbonyl (C=O) groups excluding carboxylic acids is 1. The van der Waals surface area contributed by atoms with Gasteiger partial charge in [-0.2, -0.15) is 0 Å². The molecule has 2 aliphatic heterocycles. The summed E-state index contributed by atoms with van der Waals surface area (Å²) in [5.41, 5.74) is 0.187. The first-order valence-corrected chi connectivity index (χ1v) is 6.81. The molecule has 0 unspecified atom stereocenters. The highest BCUT2D eigenvalue weighted by molar-refractivity contribution is 5.91. The summed E-state index contributed by atoms with van der Waals surface area (Å²) in [4.78, 5) is 11.7. The average molecular weight is 265 g/mol. The number of hydrogen-bond acceptors (Lipinski definition) is 5. The van der Waals surface area contributed by atoms with Gasteiger partial charge in [-0.15, -0.1) is 0 Å². The van der Waals surface area contributed by atoms with Gasteiger partial charge in [-0.05, 0) is 25.8 Å². The highest BCUT2D eigenvalue weighted by Gasteiger charge is 2.44. The lowest BCUT2D eigenvalue weighted by Gasteiger charge is -2.38. The van der Waals surface area contributed by atoms with E-state index in [4.69, 9.17) is 9.26 Å². The molecule has 0 spiro atoms. The zero-order valence-electron chi connectivity index (χ0n) is 10.9. The lowest BCUT2D eigenvalue weighted by atomic mass is 9.75. The summed E-state index contributed by atoms with van der Waals surface area (Å²) in [5.74, 6) is 0.0617. The summed E-state index contributed by atoms with van der Waals surface area (Å²) >= 11 is 0. The maximum atomic E-state index is 11.7. The third-order valence-corrected chi connectivity index (χ3v) is 4.23. The molecule has 2 fully saturated rings. The van der Waals surface area contributed by atoms with Crippen LogP contribution in [0, 0.1) is 5.41 Å². The summed E-state index contributed by atoms with van der Waals surface area (Å²) in [5, 5.41) is 9.85. The maximum Gasteiger partial charge on any atom is 0.289 e. The number of fused-ring (bicyclic) bond motifs is 1. The molecule has 3 heterocycles. The van der Waals surface area contributed by atoms with Crippen LogP contribution in [0.15, 0.2) is 16.8 Å². The zero-order chi connectivity index (χ0) is 13.1. The highest BCUT2D eigenvalue weighted by atomic mass is 16.5. The smallest absolute Gasteiger partial charge is 0.289 e. The Balaban J connectivity index is 1.53. The molecule has 104 valence electrons. The van der Waals surface area contributed by atoms with Crippen molar-refractivity contribution in [1.82, 2.24) is 15.8 Å². The van der Waals surface area contributed by atoms with E-state index in [1.54, 1.807) is 6.07 Å². The SMILES string of the molecule is O=C(NCC[C@]12CCO[C@H]1CCNC2)c1ccno1. The molecule has 3 rings (SSSR count). The van der Waals surface area contributed by atoms with Gasteiger partial charge in [0.15, 0.2) is 0 Å². The number of rotatable bonds is 4. The number of carbonyl (C=O) groups is 1. The first-order chi connectivity index (χ1) is 9.30. The van der Waals surface area contributed by atoms with E-state index in [1.807, 2.05) is 0 Å². The molecule has 1 aromatic heterocycles.